The number of aromatic hydroxyl groups is 1. The monoisotopic (exact) mass is 163 g/mol. The molecule has 0 aliphatic heterocycles. The summed E-state index contributed by atoms with van der Waals surface area (Å²) >= 11 is 0. The van der Waals surface area contributed by atoms with E-state index in [1.54, 1.807) is 24.3 Å². The third-order valence-electron chi connectivity index (χ3n) is 1.73. The number of benzene rings is 1. The van der Waals surface area contributed by atoms with E-state index in [9.17, 15) is 9.50 Å². The lowest BCUT2D eigenvalue weighted by molar-refractivity contribution is 0.457. The normalized spacial score (nSPS) is 10.4. The van der Waals surface area contributed by atoms with Crippen molar-refractivity contribution in [2.75, 3.05) is 0 Å². The zero-order valence-electron chi connectivity index (χ0n) is 6.16. The summed E-state index contributed by atoms with van der Waals surface area (Å²) in [5, 5.41) is 10.1. The number of nitrogens with zero attached hydrogens (tertiary/aromatic N) is 1. The number of rotatable bonds is 0. The van der Waals surface area contributed by atoms with Crippen LogP contribution < -0.4 is 0 Å². The summed E-state index contributed by atoms with van der Waals surface area (Å²) in [6.07, 6.45) is 1.01. The third kappa shape index (κ3) is 0.906. The van der Waals surface area contributed by atoms with E-state index in [1.165, 1.54) is 0 Å². The Bertz CT molecular complexity index is 387. The molecule has 1 aromatic carbocycles. The van der Waals surface area contributed by atoms with Gasteiger partial charge in [0.2, 0.25) is 5.88 Å². The van der Waals surface area contributed by atoms with Gasteiger partial charge in [-0.3, -0.25) is 0 Å². The van der Waals surface area contributed by atoms with Crippen LogP contribution in [-0.4, -0.2) is 10.1 Å². The van der Waals surface area contributed by atoms with Crippen LogP contribution in [0.4, 0.5) is 4.39 Å². The first kappa shape index (κ1) is 7.03. The van der Waals surface area contributed by atoms with Gasteiger partial charge in [-0.1, -0.05) is 18.2 Å². The van der Waals surface area contributed by atoms with Crippen LogP contribution in [0.5, 0.6) is 5.88 Å². The fourth-order valence-electron chi connectivity index (χ4n) is 1.14. The van der Waals surface area contributed by atoms with Crippen LogP contribution in [0.2, 0.25) is 0 Å². The van der Waals surface area contributed by atoms with Crippen molar-refractivity contribution in [1.82, 2.24) is 4.98 Å². The van der Waals surface area contributed by atoms with Gasteiger partial charge in [-0.25, -0.2) is 9.37 Å². The molecule has 12 heavy (non-hydrogen) atoms. The predicted octanol–water partition coefficient (Wildman–Crippen LogP) is 2.08. The number of fused-ring (bicyclic) bond motifs is 1. The van der Waals surface area contributed by atoms with Gasteiger partial charge < -0.3 is 5.11 Å². The van der Waals surface area contributed by atoms with Crippen LogP contribution >= 0.6 is 0 Å². The number of pyridine rings is 1. The molecule has 60 valence electrons. The Morgan fingerprint density at radius 3 is 2.50 bits per heavy atom. The van der Waals surface area contributed by atoms with E-state index in [4.69, 9.17) is 0 Å². The molecule has 0 spiro atoms. The molecule has 0 saturated carbocycles. The van der Waals surface area contributed by atoms with Crippen LogP contribution in [0.15, 0.2) is 30.5 Å². The topological polar surface area (TPSA) is 33.1 Å². The molecule has 0 saturated heterocycles. The molecule has 0 aliphatic carbocycles. The maximum absolute atomic E-state index is 13.0. The molecule has 2 aromatic rings. The van der Waals surface area contributed by atoms with Crippen LogP contribution in [0.3, 0.4) is 0 Å². The van der Waals surface area contributed by atoms with Crippen molar-refractivity contribution in [1.29, 1.82) is 0 Å². The molecular formula is C9H6FNO. The minimum atomic E-state index is -0.414. The Morgan fingerprint density at radius 2 is 1.83 bits per heavy atom. The van der Waals surface area contributed by atoms with Crippen molar-refractivity contribution in [2.45, 2.75) is 0 Å². The van der Waals surface area contributed by atoms with E-state index in [0.717, 1.165) is 6.20 Å². The molecule has 1 heterocycles. The second-order valence-corrected chi connectivity index (χ2v) is 2.48. The first-order valence-corrected chi connectivity index (χ1v) is 3.51. The van der Waals surface area contributed by atoms with Gasteiger partial charge >= 0.3 is 0 Å². The SMILES string of the molecule is Oc1ncc(F)c2ccccc12. The number of hydrogen-bond donors (Lipinski definition) is 1. The van der Waals surface area contributed by atoms with Crippen LogP contribution in [0, 0.1) is 5.82 Å². The maximum atomic E-state index is 13.0. The van der Waals surface area contributed by atoms with Crippen molar-refractivity contribution in [2.24, 2.45) is 0 Å². The van der Waals surface area contributed by atoms with E-state index in [0.29, 0.717) is 10.8 Å². The Balaban J connectivity index is 2.95. The van der Waals surface area contributed by atoms with Gasteiger partial charge in [0, 0.05) is 10.8 Å². The van der Waals surface area contributed by atoms with Crippen molar-refractivity contribution in [3.8, 4) is 5.88 Å². The molecule has 2 rings (SSSR count). The number of hydrogen-bond acceptors (Lipinski definition) is 2. The Hall–Kier alpha value is -1.64. The third-order valence-corrected chi connectivity index (χ3v) is 1.73. The Kier molecular flexibility index (Phi) is 1.43. The minimum absolute atomic E-state index is 0.132. The fraction of sp³-hybridized carbons (Fsp3) is 0. The molecule has 1 aromatic heterocycles. The molecule has 1 N–H and O–H groups in total. The Labute approximate surface area is 68.3 Å². The molecule has 0 bridgehead atoms. The summed E-state index contributed by atoms with van der Waals surface area (Å²) in [5.41, 5.74) is 0. The van der Waals surface area contributed by atoms with Gasteiger partial charge in [0.1, 0.15) is 5.82 Å². The molecule has 0 amide bonds. The molecule has 0 atom stereocenters. The number of aromatic nitrogens is 1. The molecule has 3 heteroatoms. The summed E-state index contributed by atoms with van der Waals surface area (Å²) in [7, 11) is 0. The molecule has 0 aliphatic rings. The van der Waals surface area contributed by atoms with E-state index in [1.807, 2.05) is 0 Å². The summed E-state index contributed by atoms with van der Waals surface area (Å²) < 4.78 is 13.0. The van der Waals surface area contributed by atoms with E-state index >= 15 is 0 Å². The summed E-state index contributed by atoms with van der Waals surface area (Å²) in [6.45, 7) is 0. The van der Waals surface area contributed by atoms with Crippen molar-refractivity contribution in [3.05, 3.63) is 36.3 Å². The zero-order chi connectivity index (χ0) is 8.55. The van der Waals surface area contributed by atoms with Gasteiger partial charge in [0.15, 0.2) is 0 Å². The van der Waals surface area contributed by atoms with Gasteiger partial charge in [-0.05, 0) is 6.07 Å². The van der Waals surface area contributed by atoms with Crippen LogP contribution in [0.25, 0.3) is 10.8 Å². The lowest BCUT2D eigenvalue weighted by atomic mass is 10.2. The quantitative estimate of drug-likeness (QED) is 0.645. The molecule has 0 radical (unpaired) electrons. The number of halogens is 1. The molecule has 0 unspecified atom stereocenters. The minimum Gasteiger partial charge on any atom is -0.493 e. The highest BCUT2D eigenvalue weighted by atomic mass is 19.1. The van der Waals surface area contributed by atoms with E-state index in [2.05, 4.69) is 4.98 Å². The van der Waals surface area contributed by atoms with Gasteiger partial charge in [-0.2, -0.15) is 0 Å². The maximum Gasteiger partial charge on any atom is 0.219 e. The molecular weight excluding hydrogens is 157 g/mol. The largest absolute Gasteiger partial charge is 0.493 e. The van der Waals surface area contributed by atoms with Crippen molar-refractivity contribution in [3.63, 3.8) is 0 Å². The Morgan fingerprint density at radius 1 is 1.17 bits per heavy atom. The zero-order valence-corrected chi connectivity index (χ0v) is 6.16. The lowest BCUT2D eigenvalue weighted by Crippen LogP contribution is -1.82. The highest BCUT2D eigenvalue weighted by Crippen LogP contribution is 2.23. The molecule has 2 nitrogen and oxygen atoms in total. The van der Waals surface area contributed by atoms with Crippen LogP contribution in [0.1, 0.15) is 0 Å². The van der Waals surface area contributed by atoms with E-state index in [-0.39, 0.29) is 5.88 Å². The summed E-state index contributed by atoms with van der Waals surface area (Å²) in [4.78, 5) is 3.49. The second kappa shape index (κ2) is 2.44. The summed E-state index contributed by atoms with van der Waals surface area (Å²) in [6, 6.07) is 6.67. The first-order chi connectivity index (χ1) is 5.79. The average Bonchev–Trinajstić information content (AvgIpc) is 2.12. The lowest BCUT2D eigenvalue weighted by Gasteiger charge is -1.99. The van der Waals surface area contributed by atoms with Gasteiger partial charge in [0.05, 0.1) is 6.20 Å². The smallest absolute Gasteiger partial charge is 0.219 e. The van der Waals surface area contributed by atoms with Crippen molar-refractivity contribution >= 4 is 10.8 Å². The van der Waals surface area contributed by atoms with Gasteiger partial charge in [0.25, 0.3) is 0 Å². The van der Waals surface area contributed by atoms with E-state index < -0.39 is 5.82 Å². The highest BCUT2D eigenvalue weighted by molar-refractivity contribution is 5.86. The van der Waals surface area contributed by atoms with Crippen molar-refractivity contribution < 1.29 is 9.50 Å². The second-order valence-electron chi connectivity index (χ2n) is 2.48. The van der Waals surface area contributed by atoms with Gasteiger partial charge in [-0.15, -0.1) is 0 Å². The summed E-state index contributed by atoms with van der Waals surface area (Å²) in [5.74, 6) is -0.546. The first-order valence-electron chi connectivity index (χ1n) is 3.51. The predicted molar refractivity (Wildman–Crippen MR) is 43.4 cm³/mol. The standard InChI is InChI=1S/C9H6FNO/c10-8-5-11-9(12)7-4-2-1-3-6(7)8/h1-5H,(H,11,12). The van der Waals surface area contributed by atoms with Crippen LogP contribution in [-0.2, 0) is 0 Å². The fourth-order valence-corrected chi connectivity index (χ4v) is 1.14. The molecule has 0 fully saturated rings. The highest BCUT2D eigenvalue weighted by Gasteiger charge is 2.03. The average molecular weight is 163 g/mol.